The minimum absolute atomic E-state index is 0.162. The molecule has 30 heavy (non-hydrogen) atoms. The van der Waals surface area contributed by atoms with Crippen molar-refractivity contribution in [3.63, 3.8) is 0 Å². The second kappa shape index (κ2) is 10.1. The van der Waals surface area contributed by atoms with Crippen LogP contribution in [0.2, 0.25) is 0 Å². The molecule has 9 heteroatoms. The van der Waals surface area contributed by atoms with Crippen LogP contribution >= 0.6 is 11.3 Å². The van der Waals surface area contributed by atoms with Gasteiger partial charge in [-0.05, 0) is 35.7 Å². The van der Waals surface area contributed by atoms with Crippen LogP contribution in [-0.4, -0.2) is 79.0 Å². The number of nitrogens with one attached hydrogen (secondary N) is 1. The second-order valence-electron chi connectivity index (χ2n) is 7.44. The number of nitrogens with zero attached hydrogens (tertiary/aromatic N) is 3. The van der Waals surface area contributed by atoms with E-state index in [1.165, 1.54) is 16.2 Å². The van der Waals surface area contributed by atoms with Gasteiger partial charge in [0.25, 0.3) is 0 Å². The van der Waals surface area contributed by atoms with Crippen LogP contribution in [-0.2, 0) is 14.3 Å². The van der Waals surface area contributed by atoms with Crippen molar-refractivity contribution < 1.29 is 19.1 Å². The van der Waals surface area contributed by atoms with E-state index in [0.29, 0.717) is 37.3 Å². The molecule has 164 valence electrons. The van der Waals surface area contributed by atoms with Gasteiger partial charge in [0.15, 0.2) is 0 Å². The molecule has 0 radical (unpaired) electrons. The average molecular weight is 435 g/mol. The molecule has 0 saturated carbocycles. The fourth-order valence-corrected chi connectivity index (χ4v) is 4.59. The van der Waals surface area contributed by atoms with Crippen LogP contribution in [0.3, 0.4) is 0 Å². The van der Waals surface area contributed by atoms with E-state index in [0.717, 1.165) is 25.1 Å². The summed E-state index contributed by atoms with van der Waals surface area (Å²) in [6, 6.07) is 1.14. The van der Waals surface area contributed by atoms with Crippen molar-refractivity contribution in [3.8, 4) is 0 Å². The Bertz CT molecular complexity index is 808. The quantitative estimate of drug-likeness (QED) is 0.694. The summed E-state index contributed by atoms with van der Waals surface area (Å²) in [5, 5.41) is 6.80. The topological polar surface area (TPSA) is 82.2 Å². The van der Waals surface area contributed by atoms with Crippen LogP contribution < -0.4 is 5.32 Å². The second-order valence-corrected chi connectivity index (χ2v) is 8.22. The van der Waals surface area contributed by atoms with E-state index in [-0.39, 0.29) is 18.5 Å². The summed E-state index contributed by atoms with van der Waals surface area (Å²) in [4.78, 5) is 43.3. The van der Waals surface area contributed by atoms with Crippen molar-refractivity contribution in [2.75, 3.05) is 46.4 Å². The molecule has 1 saturated heterocycles. The minimum Gasteiger partial charge on any atom is -0.463 e. The van der Waals surface area contributed by atoms with Crippen molar-refractivity contribution in [3.05, 3.63) is 33.7 Å². The molecule has 1 atom stereocenters. The van der Waals surface area contributed by atoms with Crippen LogP contribution in [0.5, 0.6) is 0 Å². The van der Waals surface area contributed by atoms with Gasteiger partial charge in [-0.2, -0.15) is 11.3 Å². The van der Waals surface area contributed by atoms with E-state index in [4.69, 9.17) is 4.74 Å². The molecule has 1 aromatic heterocycles. The molecule has 3 amide bonds. The van der Waals surface area contributed by atoms with Crippen molar-refractivity contribution in [1.29, 1.82) is 0 Å². The van der Waals surface area contributed by atoms with Gasteiger partial charge in [0.05, 0.1) is 18.2 Å². The molecule has 2 aliphatic rings. The summed E-state index contributed by atoms with van der Waals surface area (Å²) in [5.41, 5.74) is 2.00. The van der Waals surface area contributed by atoms with Crippen LogP contribution in [0.15, 0.2) is 28.1 Å². The molecule has 0 aliphatic carbocycles. The highest BCUT2D eigenvalue weighted by atomic mass is 32.1. The van der Waals surface area contributed by atoms with Gasteiger partial charge < -0.3 is 15.0 Å². The largest absolute Gasteiger partial charge is 0.463 e. The number of likely N-dealkylation sites (N-methyl/N-ethyl adjacent to an activating group) is 1. The Balaban J connectivity index is 1.90. The molecule has 0 spiro atoms. The standard InChI is InChI=1S/C21H30N4O4S/c1-4-17(26)25-9-6-8-24(10-11-25)13-16-18(20(27)29-5-2)19(15-7-12-30-14-15)22-21(28)23(16)3/h7,12,14,19H,4-6,8-11,13H2,1-3H3,(H,22,28). The fourth-order valence-electron chi connectivity index (χ4n) is 3.90. The van der Waals surface area contributed by atoms with E-state index >= 15 is 0 Å². The van der Waals surface area contributed by atoms with Crippen LogP contribution in [0.1, 0.15) is 38.3 Å². The summed E-state index contributed by atoms with van der Waals surface area (Å²) in [6.07, 6.45) is 1.36. The number of ether oxygens (including phenoxy) is 1. The zero-order chi connectivity index (χ0) is 21.7. The maximum absolute atomic E-state index is 12.9. The average Bonchev–Trinajstić information content (AvgIpc) is 3.17. The summed E-state index contributed by atoms with van der Waals surface area (Å²) in [5.74, 6) is -0.247. The van der Waals surface area contributed by atoms with Gasteiger partial charge >= 0.3 is 12.0 Å². The minimum atomic E-state index is -0.529. The SMILES string of the molecule is CCOC(=O)C1=C(CN2CCCN(C(=O)CC)CC2)N(C)C(=O)NC1c1ccsc1. The normalized spacial score (nSPS) is 20.8. The third-order valence-electron chi connectivity index (χ3n) is 5.57. The van der Waals surface area contributed by atoms with Crippen molar-refractivity contribution >= 4 is 29.2 Å². The lowest BCUT2D eigenvalue weighted by molar-refractivity contribution is -0.139. The summed E-state index contributed by atoms with van der Waals surface area (Å²) < 4.78 is 5.36. The molecule has 3 rings (SSSR count). The van der Waals surface area contributed by atoms with Gasteiger partial charge in [-0.3, -0.25) is 14.6 Å². The maximum Gasteiger partial charge on any atom is 0.338 e. The molecule has 1 fully saturated rings. The van der Waals surface area contributed by atoms with Crippen molar-refractivity contribution in [2.24, 2.45) is 0 Å². The molecule has 1 unspecified atom stereocenters. The number of urea groups is 1. The lowest BCUT2D eigenvalue weighted by atomic mass is 9.96. The number of esters is 1. The van der Waals surface area contributed by atoms with Crippen LogP contribution in [0.4, 0.5) is 4.79 Å². The smallest absolute Gasteiger partial charge is 0.338 e. The van der Waals surface area contributed by atoms with E-state index in [1.807, 2.05) is 28.7 Å². The Morgan fingerprint density at radius 3 is 2.70 bits per heavy atom. The molecule has 0 aromatic carbocycles. The molecule has 3 heterocycles. The number of thiophene rings is 1. The lowest BCUT2D eigenvalue weighted by Crippen LogP contribution is -2.49. The molecular weight excluding hydrogens is 404 g/mol. The molecule has 1 N–H and O–H groups in total. The van der Waals surface area contributed by atoms with Crippen LogP contribution in [0, 0.1) is 0 Å². The van der Waals surface area contributed by atoms with Crippen molar-refractivity contribution in [1.82, 2.24) is 20.0 Å². The van der Waals surface area contributed by atoms with E-state index in [9.17, 15) is 14.4 Å². The first kappa shape index (κ1) is 22.3. The monoisotopic (exact) mass is 434 g/mol. The molecule has 2 aliphatic heterocycles. The molecule has 8 nitrogen and oxygen atoms in total. The Labute approximate surface area is 181 Å². The number of carbonyl (C=O) groups excluding carboxylic acids is 3. The Hall–Kier alpha value is -2.39. The Morgan fingerprint density at radius 2 is 2.03 bits per heavy atom. The van der Waals surface area contributed by atoms with Gasteiger partial charge in [0.1, 0.15) is 0 Å². The van der Waals surface area contributed by atoms with E-state index < -0.39 is 12.0 Å². The molecule has 0 bridgehead atoms. The first-order chi connectivity index (χ1) is 14.5. The summed E-state index contributed by atoms with van der Waals surface area (Å²) in [7, 11) is 1.68. The molecule has 1 aromatic rings. The first-order valence-electron chi connectivity index (χ1n) is 10.4. The van der Waals surface area contributed by atoms with Crippen molar-refractivity contribution in [2.45, 2.75) is 32.7 Å². The van der Waals surface area contributed by atoms with E-state index in [1.54, 1.807) is 14.0 Å². The first-order valence-corrected chi connectivity index (χ1v) is 11.4. The highest BCUT2D eigenvalue weighted by Crippen LogP contribution is 2.32. The number of carbonyl (C=O) groups is 3. The van der Waals surface area contributed by atoms with Gasteiger partial charge in [-0.15, -0.1) is 0 Å². The van der Waals surface area contributed by atoms with Gasteiger partial charge in [-0.25, -0.2) is 9.59 Å². The zero-order valence-electron chi connectivity index (χ0n) is 17.8. The van der Waals surface area contributed by atoms with Gasteiger partial charge in [-0.1, -0.05) is 6.92 Å². The maximum atomic E-state index is 12.9. The van der Waals surface area contributed by atoms with Crippen LogP contribution in [0.25, 0.3) is 0 Å². The summed E-state index contributed by atoms with van der Waals surface area (Å²) >= 11 is 1.52. The predicted molar refractivity (Wildman–Crippen MR) is 115 cm³/mol. The zero-order valence-corrected chi connectivity index (χ0v) is 18.7. The number of hydrogen-bond acceptors (Lipinski definition) is 6. The Kier molecular flexibility index (Phi) is 7.49. The third-order valence-corrected chi connectivity index (χ3v) is 6.27. The number of amides is 3. The number of rotatable bonds is 6. The highest BCUT2D eigenvalue weighted by Gasteiger charge is 2.37. The predicted octanol–water partition coefficient (Wildman–Crippen LogP) is 2.21. The number of hydrogen-bond donors (Lipinski definition) is 1. The third kappa shape index (κ3) is 4.84. The van der Waals surface area contributed by atoms with Gasteiger partial charge in [0.2, 0.25) is 5.91 Å². The Morgan fingerprint density at radius 1 is 1.23 bits per heavy atom. The lowest BCUT2D eigenvalue weighted by Gasteiger charge is -2.36. The molecular formula is C21H30N4O4S. The fraction of sp³-hybridized carbons (Fsp3) is 0.571. The summed E-state index contributed by atoms with van der Waals surface area (Å²) in [6.45, 7) is 7.25. The van der Waals surface area contributed by atoms with E-state index in [2.05, 4.69) is 10.2 Å². The highest BCUT2D eigenvalue weighted by molar-refractivity contribution is 7.08. The van der Waals surface area contributed by atoms with Gasteiger partial charge in [0, 0.05) is 51.9 Å².